The van der Waals surface area contributed by atoms with Gasteiger partial charge in [0.05, 0.1) is 5.56 Å². The molecule has 1 N–H and O–H groups in total. The number of hydrogen-bond acceptors (Lipinski definition) is 6. The molecule has 1 aliphatic rings. The Morgan fingerprint density at radius 2 is 1.89 bits per heavy atom. The fraction of sp³-hybridized carbons (Fsp3) is 0.300. The molecule has 0 radical (unpaired) electrons. The molecule has 1 aromatic carbocycles. The standard InChI is InChI=1S/C20H19FN4O3/c21-16-7-13(14-6-15(11-22-10-14)19-25-23-12-27-19)8-18(9-16)28-20(26)24-17-4-2-1-3-5-17/h6-12,17H,1-5H2,(H,24,26). The summed E-state index contributed by atoms with van der Waals surface area (Å²) in [5.41, 5.74) is 1.76. The van der Waals surface area contributed by atoms with Crippen molar-refractivity contribution in [3.63, 3.8) is 0 Å². The van der Waals surface area contributed by atoms with E-state index >= 15 is 0 Å². The zero-order valence-corrected chi connectivity index (χ0v) is 15.1. The maximum atomic E-state index is 14.1. The molecule has 1 amide bonds. The molecule has 0 spiro atoms. The van der Waals surface area contributed by atoms with Crippen LogP contribution in [0.2, 0.25) is 0 Å². The number of benzene rings is 1. The highest BCUT2D eigenvalue weighted by Crippen LogP contribution is 2.28. The number of nitrogens with one attached hydrogen (secondary N) is 1. The zero-order valence-electron chi connectivity index (χ0n) is 15.1. The Morgan fingerprint density at radius 3 is 2.68 bits per heavy atom. The minimum atomic E-state index is -0.568. The van der Waals surface area contributed by atoms with Gasteiger partial charge in [-0.2, -0.15) is 0 Å². The van der Waals surface area contributed by atoms with Gasteiger partial charge in [0.1, 0.15) is 11.6 Å². The van der Waals surface area contributed by atoms with E-state index in [2.05, 4.69) is 20.5 Å². The molecule has 28 heavy (non-hydrogen) atoms. The number of pyridine rings is 1. The first kappa shape index (κ1) is 18.1. The topological polar surface area (TPSA) is 90.1 Å². The average molecular weight is 382 g/mol. The number of carbonyl (C=O) groups is 1. The average Bonchev–Trinajstić information content (AvgIpc) is 3.23. The lowest BCUT2D eigenvalue weighted by Gasteiger charge is -2.22. The summed E-state index contributed by atoms with van der Waals surface area (Å²) in [6.45, 7) is 0. The van der Waals surface area contributed by atoms with Crippen molar-refractivity contribution in [2.75, 3.05) is 0 Å². The molecular formula is C20H19FN4O3. The fourth-order valence-corrected chi connectivity index (χ4v) is 3.35. The largest absolute Gasteiger partial charge is 0.423 e. The van der Waals surface area contributed by atoms with Crippen molar-refractivity contribution in [3.8, 4) is 28.3 Å². The molecule has 7 nitrogen and oxygen atoms in total. The van der Waals surface area contributed by atoms with E-state index in [1.807, 2.05) is 0 Å². The monoisotopic (exact) mass is 382 g/mol. The van der Waals surface area contributed by atoms with E-state index in [-0.39, 0.29) is 11.8 Å². The Hall–Kier alpha value is -3.29. The Bertz CT molecular complexity index is 956. The fourth-order valence-electron chi connectivity index (χ4n) is 3.35. The van der Waals surface area contributed by atoms with Crippen molar-refractivity contribution in [2.45, 2.75) is 38.1 Å². The Kier molecular flexibility index (Phi) is 5.27. The van der Waals surface area contributed by atoms with Gasteiger partial charge < -0.3 is 14.5 Å². The van der Waals surface area contributed by atoms with Crippen LogP contribution in [0.3, 0.4) is 0 Å². The summed E-state index contributed by atoms with van der Waals surface area (Å²) in [5, 5.41) is 10.3. The molecule has 0 aliphatic heterocycles. The van der Waals surface area contributed by atoms with Gasteiger partial charge in [0.2, 0.25) is 12.3 Å². The molecule has 0 bridgehead atoms. The first-order valence-electron chi connectivity index (χ1n) is 9.18. The summed E-state index contributed by atoms with van der Waals surface area (Å²) >= 11 is 0. The number of ether oxygens (including phenoxy) is 1. The van der Waals surface area contributed by atoms with Crippen LogP contribution in [0.25, 0.3) is 22.6 Å². The van der Waals surface area contributed by atoms with Crippen molar-refractivity contribution in [2.24, 2.45) is 0 Å². The van der Waals surface area contributed by atoms with Gasteiger partial charge in [0.25, 0.3) is 0 Å². The Morgan fingerprint density at radius 1 is 1.07 bits per heavy atom. The molecule has 2 heterocycles. The molecule has 144 valence electrons. The Labute approximate surface area is 161 Å². The zero-order chi connectivity index (χ0) is 19.3. The van der Waals surface area contributed by atoms with Gasteiger partial charge in [-0.3, -0.25) is 4.98 Å². The predicted octanol–water partition coefficient (Wildman–Crippen LogP) is 4.36. The van der Waals surface area contributed by atoms with Crippen molar-refractivity contribution in [1.82, 2.24) is 20.5 Å². The third-order valence-corrected chi connectivity index (χ3v) is 4.69. The van der Waals surface area contributed by atoms with E-state index in [1.165, 1.54) is 24.9 Å². The number of halogens is 1. The highest BCUT2D eigenvalue weighted by Gasteiger charge is 2.17. The minimum Gasteiger partial charge on any atom is -0.423 e. The SMILES string of the molecule is O=C(NC1CCCCC1)Oc1cc(F)cc(-c2cncc(-c3nnco3)c2)c1. The van der Waals surface area contributed by atoms with Gasteiger partial charge in [-0.1, -0.05) is 19.3 Å². The number of hydrogen-bond donors (Lipinski definition) is 1. The van der Waals surface area contributed by atoms with Crippen LogP contribution in [-0.4, -0.2) is 27.3 Å². The quantitative estimate of drug-likeness (QED) is 0.721. The van der Waals surface area contributed by atoms with E-state index in [0.717, 1.165) is 25.7 Å². The van der Waals surface area contributed by atoms with Gasteiger partial charge in [-0.25, -0.2) is 9.18 Å². The molecule has 8 heteroatoms. The lowest BCUT2D eigenvalue weighted by Crippen LogP contribution is -2.38. The molecule has 0 saturated heterocycles. The molecule has 0 unspecified atom stereocenters. The lowest BCUT2D eigenvalue weighted by atomic mass is 9.96. The first-order valence-corrected chi connectivity index (χ1v) is 9.18. The molecule has 1 saturated carbocycles. The van der Waals surface area contributed by atoms with Crippen LogP contribution in [0.4, 0.5) is 9.18 Å². The molecule has 4 rings (SSSR count). The highest BCUT2D eigenvalue weighted by atomic mass is 19.1. The van der Waals surface area contributed by atoms with E-state index in [4.69, 9.17) is 9.15 Å². The third-order valence-electron chi connectivity index (χ3n) is 4.69. The summed E-state index contributed by atoms with van der Waals surface area (Å²) in [7, 11) is 0. The van der Waals surface area contributed by atoms with Crippen molar-refractivity contribution in [3.05, 3.63) is 48.9 Å². The van der Waals surface area contributed by atoms with E-state index in [9.17, 15) is 9.18 Å². The van der Waals surface area contributed by atoms with E-state index in [0.29, 0.717) is 22.6 Å². The summed E-state index contributed by atoms with van der Waals surface area (Å²) in [6.07, 6.45) is 9.08. The van der Waals surface area contributed by atoms with Crippen molar-refractivity contribution < 1.29 is 18.3 Å². The summed E-state index contributed by atoms with van der Waals surface area (Å²) in [6, 6.07) is 5.99. The summed E-state index contributed by atoms with van der Waals surface area (Å²) in [4.78, 5) is 16.3. The van der Waals surface area contributed by atoms with Crippen LogP contribution >= 0.6 is 0 Å². The maximum Gasteiger partial charge on any atom is 0.412 e. The first-order chi connectivity index (χ1) is 13.7. The molecule has 1 aliphatic carbocycles. The van der Waals surface area contributed by atoms with Gasteiger partial charge in [0.15, 0.2) is 0 Å². The van der Waals surface area contributed by atoms with Crippen LogP contribution < -0.4 is 10.1 Å². The van der Waals surface area contributed by atoms with Gasteiger partial charge in [-0.05, 0) is 36.6 Å². The van der Waals surface area contributed by atoms with Gasteiger partial charge in [-0.15, -0.1) is 10.2 Å². The summed E-state index contributed by atoms with van der Waals surface area (Å²) < 4.78 is 24.6. The van der Waals surface area contributed by atoms with E-state index < -0.39 is 11.9 Å². The van der Waals surface area contributed by atoms with E-state index in [1.54, 1.807) is 24.5 Å². The number of amides is 1. The molecule has 3 aromatic rings. The molecular weight excluding hydrogens is 363 g/mol. The summed E-state index contributed by atoms with van der Waals surface area (Å²) in [5.74, 6) is -0.0678. The van der Waals surface area contributed by atoms with Crippen molar-refractivity contribution >= 4 is 6.09 Å². The number of carbonyl (C=O) groups excluding carboxylic acids is 1. The van der Waals surface area contributed by atoms with Gasteiger partial charge >= 0.3 is 6.09 Å². The third kappa shape index (κ3) is 4.33. The molecule has 1 fully saturated rings. The highest BCUT2D eigenvalue weighted by molar-refractivity contribution is 5.73. The molecule has 0 atom stereocenters. The number of nitrogens with zero attached hydrogens (tertiary/aromatic N) is 3. The van der Waals surface area contributed by atoms with Crippen molar-refractivity contribution in [1.29, 1.82) is 0 Å². The number of rotatable bonds is 4. The number of aromatic nitrogens is 3. The van der Waals surface area contributed by atoms with Crippen LogP contribution in [0, 0.1) is 5.82 Å². The smallest absolute Gasteiger partial charge is 0.412 e. The maximum absolute atomic E-state index is 14.1. The predicted molar refractivity (Wildman–Crippen MR) is 99.0 cm³/mol. The Balaban J connectivity index is 1.52. The normalized spacial score (nSPS) is 14.6. The second kappa shape index (κ2) is 8.16. The van der Waals surface area contributed by atoms with Crippen LogP contribution in [-0.2, 0) is 0 Å². The van der Waals surface area contributed by atoms with Crippen LogP contribution in [0.15, 0.2) is 47.5 Å². The van der Waals surface area contributed by atoms with Crippen LogP contribution in [0.1, 0.15) is 32.1 Å². The second-order valence-corrected chi connectivity index (χ2v) is 6.75. The second-order valence-electron chi connectivity index (χ2n) is 6.75. The van der Waals surface area contributed by atoms with Crippen LogP contribution in [0.5, 0.6) is 5.75 Å². The van der Waals surface area contributed by atoms with Gasteiger partial charge in [0, 0.05) is 30.1 Å². The lowest BCUT2D eigenvalue weighted by molar-refractivity contribution is 0.192. The molecule has 2 aromatic heterocycles. The minimum absolute atomic E-state index is 0.115.